The van der Waals surface area contributed by atoms with Gasteiger partial charge in [0.15, 0.2) is 5.65 Å². The largest absolute Gasteiger partial charge is 0.378 e. The van der Waals surface area contributed by atoms with E-state index in [2.05, 4.69) is 48.5 Å². The topological polar surface area (TPSA) is 130 Å². The molecule has 2 aromatic heterocycles. The fraction of sp³-hybridized carbons (Fsp3) is 0.435. The first-order valence-electron chi connectivity index (χ1n) is 11.6. The minimum Gasteiger partial charge on any atom is -0.378 e. The van der Waals surface area contributed by atoms with E-state index in [1.54, 1.807) is 12.1 Å². The fourth-order valence-electron chi connectivity index (χ4n) is 4.50. The molecule has 3 aromatic rings. The summed E-state index contributed by atoms with van der Waals surface area (Å²) in [5.74, 6) is -0.0149. The second-order valence-corrected chi connectivity index (χ2v) is 9.25. The lowest BCUT2D eigenvalue weighted by atomic mass is 10.1. The highest BCUT2D eigenvalue weighted by Crippen LogP contribution is 2.38. The molecule has 2 N–H and O–H groups in total. The molecule has 2 fully saturated rings. The molecule has 0 saturated carbocycles. The van der Waals surface area contributed by atoms with Crippen LogP contribution < -0.4 is 15.5 Å². The molecule has 1 unspecified atom stereocenters. The van der Waals surface area contributed by atoms with Crippen LogP contribution in [-0.4, -0.2) is 82.4 Å². The molecule has 2 saturated heterocycles. The molecule has 5 rings (SSSR count). The summed E-state index contributed by atoms with van der Waals surface area (Å²) in [5, 5.41) is 29.0. The van der Waals surface area contributed by atoms with Crippen molar-refractivity contribution in [1.82, 2.24) is 24.5 Å². The zero-order valence-electron chi connectivity index (χ0n) is 19.8. The van der Waals surface area contributed by atoms with Crippen LogP contribution in [0.2, 0.25) is 5.02 Å². The first kappa shape index (κ1) is 24.9. The van der Waals surface area contributed by atoms with E-state index in [-0.39, 0.29) is 29.1 Å². The Morgan fingerprint density at radius 2 is 2.03 bits per heavy atom. The molecule has 0 amide bonds. The highest BCUT2D eigenvalue weighted by atomic mass is 35.5. The SMILES string of the molecule is CC1CN(C2COC2)CCN1c1cc(C#N)cc(Nc2nc(NCC(F)F)n3ncc(C#N)c3n2)c1Cl. The van der Waals surface area contributed by atoms with Gasteiger partial charge in [0.05, 0.1) is 60.0 Å². The molecule has 2 aliphatic heterocycles. The van der Waals surface area contributed by atoms with E-state index in [9.17, 15) is 19.3 Å². The van der Waals surface area contributed by atoms with Crippen LogP contribution in [-0.2, 0) is 4.74 Å². The van der Waals surface area contributed by atoms with E-state index in [4.69, 9.17) is 16.3 Å². The van der Waals surface area contributed by atoms with Crippen LogP contribution in [0.1, 0.15) is 18.1 Å². The van der Waals surface area contributed by atoms with Crippen LogP contribution in [0.5, 0.6) is 0 Å². The Labute approximate surface area is 216 Å². The van der Waals surface area contributed by atoms with Gasteiger partial charge in [-0.1, -0.05) is 11.6 Å². The summed E-state index contributed by atoms with van der Waals surface area (Å²) in [5.41, 5.74) is 1.73. The molecular weight excluding hydrogens is 506 g/mol. The highest BCUT2D eigenvalue weighted by Gasteiger charge is 2.33. The number of benzene rings is 1. The molecule has 0 bridgehead atoms. The van der Waals surface area contributed by atoms with Crippen molar-refractivity contribution >= 4 is 40.5 Å². The number of alkyl halides is 2. The molecule has 0 spiro atoms. The average Bonchev–Trinajstić information content (AvgIpc) is 3.26. The first-order valence-corrected chi connectivity index (χ1v) is 12.0. The number of nitrogens with one attached hydrogen (secondary N) is 2. The van der Waals surface area contributed by atoms with Gasteiger partial charge in [-0.3, -0.25) is 4.90 Å². The van der Waals surface area contributed by atoms with Crippen molar-refractivity contribution in [3.8, 4) is 12.1 Å². The van der Waals surface area contributed by atoms with Gasteiger partial charge in [-0.15, -0.1) is 0 Å². The van der Waals surface area contributed by atoms with E-state index < -0.39 is 13.0 Å². The standard InChI is InChI=1S/C23H23ClF2N10O/c1-13-10-34(16-11-37-12-16)2-3-35(13)18-5-14(6-27)4-17(20(18)24)31-22-32-21-15(7-28)8-30-36(21)23(33-22)29-9-19(25)26/h4-5,8,13,16,19H,2-3,9-12H2,1H3,(H2,29,31,32,33). The van der Waals surface area contributed by atoms with E-state index in [1.807, 2.05) is 6.07 Å². The number of anilines is 4. The molecule has 14 heteroatoms. The summed E-state index contributed by atoms with van der Waals surface area (Å²) in [7, 11) is 0. The molecule has 4 heterocycles. The van der Waals surface area contributed by atoms with Crippen LogP contribution in [0.3, 0.4) is 0 Å². The van der Waals surface area contributed by atoms with Crippen LogP contribution in [0.4, 0.5) is 32.1 Å². The van der Waals surface area contributed by atoms with Gasteiger partial charge < -0.3 is 20.3 Å². The maximum absolute atomic E-state index is 12.9. The Morgan fingerprint density at radius 3 is 2.68 bits per heavy atom. The number of halogens is 3. The van der Waals surface area contributed by atoms with E-state index in [0.29, 0.717) is 28.0 Å². The minimum absolute atomic E-state index is 0.00653. The summed E-state index contributed by atoms with van der Waals surface area (Å²) in [6, 6.07) is 8.02. The van der Waals surface area contributed by atoms with Crippen molar-refractivity contribution in [2.24, 2.45) is 0 Å². The molecule has 37 heavy (non-hydrogen) atoms. The summed E-state index contributed by atoms with van der Waals surface area (Å²) in [4.78, 5) is 13.2. The summed E-state index contributed by atoms with van der Waals surface area (Å²) in [6.45, 7) is 5.32. The number of rotatable bonds is 7. The molecule has 0 aliphatic carbocycles. The first-order chi connectivity index (χ1) is 17.9. The molecular formula is C23H23ClF2N10O. The van der Waals surface area contributed by atoms with Crippen LogP contribution in [0, 0.1) is 22.7 Å². The van der Waals surface area contributed by atoms with E-state index in [0.717, 1.165) is 32.8 Å². The van der Waals surface area contributed by atoms with Gasteiger partial charge in [-0.2, -0.15) is 30.1 Å². The van der Waals surface area contributed by atoms with Crippen molar-refractivity contribution in [2.75, 3.05) is 54.9 Å². The number of hydrogen-bond acceptors (Lipinski definition) is 10. The fourth-order valence-corrected chi connectivity index (χ4v) is 4.76. The Hall–Kier alpha value is -3.78. The van der Waals surface area contributed by atoms with Crippen molar-refractivity contribution in [3.63, 3.8) is 0 Å². The minimum atomic E-state index is -2.63. The van der Waals surface area contributed by atoms with Gasteiger partial charge in [0.25, 0.3) is 6.43 Å². The zero-order valence-corrected chi connectivity index (χ0v) is 20.6. The van der Waals surface area contributed by atoms with Gasteiger partial charge in [-0.25, -0.2) is 8.78 Å². The number of nitrogens with zero attached hydrogens (tertiary/aromatic N) is 8. The van der Waals surface area contributed by atoms with E-state index >= 15 is 0 Å². The number of piperazine rings is 1. The molecule has 11 nitrogen and oxygen atoms in total. The van der Waals surface area contributed by atoms with Crippen molar-refractivity contribution in [1.29, 1.82) is 10.5 Å². The van der Waals surface area contributed by atoms with Gasteiger partial charge >= 0.3 is 0 Å². The van der Waals surface area contributed by atoms with Crippen LogP contribution in [0.25, 0.3) is 5.65 Å². The summed E-state index contributed by atoms with van der Waals surface area (Å²) in [6.07, 6.45) is -1.35. The van der Waals surface area contributed by atoms with Crippen LogP contribution in [0.15, 0.2) is 18.3 Å². The maximum atomic E-state index is 12.9. The quantitative estimate of drug-likeness (QED) is 0.472. The second-order valence-electron chi connectivity index (χ2n) is 8.87. The van der Waals surface area contributed by atoms with Gasteiger partial charge in [0.2, 0.25) is 11.9 Å². The Morgan fingerprint density at radius 1 is 1.22 bits per heavy atom. The lowest BCUT2D eigenvalue weighted by Gasteiger charge is -2.46. The molecule has 0 radical (unpaired) electrons. The number of nitriles is 2. The molecule has 1 aromatic carbocycles. The van der Waals surface area contributed by atoms with Crippen molar-refractivity contribution in [2.45, 2.75) is 25.4 Å². The van der Waals surface area contributed by atoms with Gasteiger partial charge in [0.1, 0.15) is 11.6 Å². The smallest absolute Gasteiger partial charge is 0.255 e. The van der Waals surface area contributed by atoms with Crippen molar-refractivity contribution in [3.05, 3.63) is 34.5 Å². The number of hydrogen-bond donors (Lipinski definition) is 2. The third-order valence-electron chi connectivity index (χ3n) is 6.44. The number of aromatic nitrogens is 4. The maximum Gasteiger partial charge on any atom is 0.255 e. The number of ether oxygens (including phenoxy) is 1. The third-order valence-corrected chi connectivity index (χ3v) is 6.83. The third kappa shape index (κ3) is 4.93. The monoisotopic (exact) mass is 528 g/mol. The van der Waals surface area contributed by atoms with E-state index in [1.165, 1.54) is 10.7 Å². The predicted molar refractivity (Wildman–Crippen MR) is 132 cm³/mol. The molecule has 2 aliphatic rings. The van der Waals surface area contributed by atoms with Crippen LogP contribution >= 0.6 is 11.6 Å². The average molecular weight is 529 g/mol. The Kier molecular flexibility index (Phi) is 6.93. The van der Waals surface area contributed by atoms with Gasteiger partial charge in [-0.05, 0) is 19.1 Å². The highest BCUT2D eigenvalue weighted by molar-refractivity contribution is 6.36. The number of fused-ring (bicyclic) bond motifs is 1. The molecule has 1 atom stereocenters. The summed E-state index contributed by atoms with van der Waals surface area (Å²) >= 11 is 6.83. The van der Waals surface area contributed by atoms with Gasteiger partial charge in [0, 0.05) is 25.7 Å². The lowest BCUT2D eigenvalue weighted by Crippen LogP contribution is -2.59. The molecule has 192 valence electrons. The zero-order chi connectivity index (χ0) is 26.1. The Balaban J connectivity index is 1.47. The normalized spacial score (nSPS) is 18.5. The Bertz CT molecular complexity index is 1400. The van der Waals surface area contributed by atoms with Crippen molar-refractivity contribution < 1.29 is 13.5 Å². The summed E-state index contributed by atoms with van der Waals surface area (Å²) < 4.78 is 32.2. The lowest BCUT2D eigenvalue weighted by molar-refractivity contribution is -0.0691. The second kappa shape index (κ2) is 10.3. The predicted octanol–water partition coefficient (Wildman–Crippen LogP) is 2.85.